The van der Waals surface area contributed by atoms with Gasteiger partial charge in [0.2, 0.25) is 0 Å². The highest BCUT2D eigenvalue weighted by Gasteiger charge is 2.35. The van der Waals surface area contributed by atoms with Gasteiger partial charge in [-0.3, -0.25) is 15.0 Å². The fraction of sp³-hybridized carbons (Fsp3) is 0.0909. The predicted octanol–water partition coefficient (Wildman–Crippen LogP) is 4.91. The molecule has 0 spiro atoms. The van der Waals surface area contributed by atoms with Crippen LogP contribution in [-0.2, 0) is 4.79 Å². The molecular weight excluding hydrogens is 446 g/mol. The van der Waals surface area contributed by atoms with E-state index >= 15 is 0 Å². The van der Waals surface area contributed by atoms with E-state index in [0.717, 1.165) is 17.7 Å². The topological polar surface area (TPSA) is 69.6 Å². The first-order valence-corrected chi connectivity index (χ1v) is 10.5. The molecule has 1 aliphatic rings. The molecule has 31 heavy (non-hydrogen) atoms. The van der Waals surface area contributed by atoms with E-state index in [9.17, 15) is 23.5 Å². The van der Waals surface area contributed by atoms with Crippen LogP contribution < -0.4 is 5.43 Å². The molecular formula is C22H15ClF2N2O3S. The number of benzene rings is 3. The number of phenolic OH excluding ortho intramolecular Hbond substituents is 1. The Labute approximate surface area is 185 Å². The quantitative estimate of drug-likeness (QED) is 0.580. The van der Waals surface area contributed by atoms with Gasteiger partial charge >= 0.3 is 0 Å². The summed E-state index contributed by atoms with van der Waals surface area (Å²) in [6.45, 7) is 0. The van der Waals surface area contributed by atoms with Crippen molar-refractivity contribution in [3.63, 3.8) is 0 Å². The highest BCUT2D eigenvalue weighted by molar-refractivity contribution is 8.00. The van der Waals surface area contributed by atoms with Crippen LogP contribution in [0.3, 0.4) is 0 Å². The zero-order chi connectivity index (χ0) is 22.1. The SMILES string of the molecule is O=C(NN1C(=O)CSC1c1ccc(Cl)cc1)c1cc(-c2ccc(F)cc2F)ccc1O. The maximum absolute atomic E-state index is 14.1. The molecule has 1 atom stereocenters. The molecule has 5 nitrogen and oxygen atoms in total. The van der Waals surface area contributed by atoms with Gasteiger partial charge in [0.05, 0.1) is 11.3 Å². The first-order chi connectivity index (χ1) is 14.8. The third kappa shape index (κ3) is 4.35. The number of halogens is 3. The van der Waals surface area contributed by atoms with Gasteiger partial charge in [0, 0.05) is 16.7 Å². The van der Waals surface area contributed by atoms with Crippen molar-refractivity contribution in [3.05, 3.63) is 88.4 Å². The van der Waals surface area contributed by atoms with Crippen LogP contribution in [0.1, 0.15) is 21.3 Å². The lowest BCUT2D eigenvalue weighted by Gasteiger charge is -2.25. The van der Waals surface area contributed by atoms with Crippen LogP contribution >= 0.6 is 23.4 Å². The monoisotopic (exact) mass is 460 g/mol. The molecule has 4 rings (SSSR count). The highest BCUT2D eigenvalue weighted by Crippen LogP contribution is 2.38. The molecule has 2 N–H and O–H groups in total. The van der Waals surface area contributed by atoms with Crippen molar-refractivity contribution in [2.45, 2.75) is 5.37 Å². The van der Waals surface area contributed by atoms with Crippen LogP contribution in [0.2, 0.25) is 5.02 Å². The van der Waals surface area contributed by atoms with E-state index in [2.05, 4.69) is 5.43 Å². The molecule has 0 saturated carbocycles. The summed E-state index contributed by atoms with van der Waals surface area (Å²) in [5.74, 6) is -2.75. The highest BCUT2D eigenvalue weighted by atomic mass is 35.5. The van der Waals surface area contributed by atoms with E-state index in [1.54, 1.807) is 24.3 Å². The molecule has 1 fully saturated rings. The van der Waals surface area contributed by atoms with Crippen LogP contribution in [0.5, 0.6) is 5.75 Å². The van der Waals surface area contributed by atoms with Gasteiger partial charge in [-0.15, -0.1) is 11.8 Å². The number of nitrogens with one attached hydrogen (secondary N) is 1. The minimum absolute atomic E-state index is 0.0716. The van der Waals surface area contributed by atoms with Gasteiger partial charge in [-0.25, -0.2) is 13.8 Å². The Morgan fingerprint density at radius 1 is 1.10 bits per heavy atom. The van der Waals surface area contributed by atoms with E-state index in [0.29, 0.717) is 5.02 Å². The van der Waals surface area contributed by atoms with Gasteiger partial charge < -0.3 is 5.11 Å². The number of aromatic hydroxyl groups is 1. The second-order valence-corrected chi connectivity index (χ2v) is 8.28. The first-order valence-electron chi connectivity index (χ1n) is 9.12. The van der Waals surface area contributed by atoms with Gasteiger partial charge in [-0.1, -0.05) is 29.8 Å². The molecule has 1 saturated heterocycles. The van der Waals surface area contributed by atoms with E-state index in [1.165, 1.54) is 41.0 Å². The summed E-state index contributed by atoms with van der Waals surface area (Å²) in [5.41, 5.74) is 3.49. The molecule has 1 heterocycles. The molecule has 1 aliphatic heterocycles. The molecule has 0 bridgehead atoms. The minimum Gasteiger partial charge on any atom is -0.507 e. The van der Waals surface area contributed by atoms with Crippen LogP contribution in [0.4, 0.5) is 8.78 Å². The molecule has 3 aromatic carbocycles. The van der Waals surface area contributed by atoms with Crippen molar-refractivity contribution >= 4 is 35.2 Å². The molecule has 0 aliphatic carbocycles. The summed E-state index contributed by atoms with van der Waals surface area (Å²) >= 11 is 7.25. The largest absolute Gasteiger partial charge is 0.507 e. The third-order valence-electron chi connectivity index (χ3n) is 4.73. The number of hydrogen-bond donors (Lipinski definition) is 2. The van der Waals surface area contributed by atoms with E-state index in [4.69, 9.17) is 11.6 Å². The van der Waals surface area contributed by atoms with Crippen molar-refractivity contribution in [3.8, 4) is 16.9 Å². The van der Waals surface area contributed by atoms with Crippen LogP contribution in [0, 0.1) is 11.6 Å². The Kier molecular flexibility index (Phi) is 5.84. The Balaban J connectivity index is 1.61. The maximum atomic E-state index is 14.1. The molecule has 2 amide bonds. The third-order valence-corrected chi connectivity index (χ3v) is 6.19. The number of thioether (sulfide) groups is 1. The fourth-order valence-corrected chi connectivity index (χ4v) is 4.43. The molecule has 1 unspecified atom stereocenters. The predicted molar refractivity (Wildman–Crippen MR) is 114 cm³/mol. The molecule has 158 valence electrons. The zero-order valence-corrected chi connectivity index (χ0v) is 17.4. The number of hydrazine groups is 1. The Bertz CT molecular complexity index is 1170. The number of carbonyl (C=O) groups is 2. The van der Waals surface area contributed by atoms with Crippen LogP contribution in [0.25, 0.3) is 11.1 Å². The lowest BCUT2D eigenvalue weighted by molar-refractivity contribution is -0.130. The number of nitrogens with zero attached hydrogens (tertiary/aromatic N) is 1. The van der Waals surface area contributed by atoms with Crippen LogP contribution in [0.15, 0.2) is 60.7 Å². The lowest BCUT2D eigenvalue weighted by Crippen LogP contribution is -2.44. The van der Waals surface area contributed by atoms with Crippen molar-refractivity contribution in [1.29, 1.82) is 0 Å². The summed E-state index contributed by atoms with van der Waals surface area (Å²) < 4.78 is 27.4. The van der Waals surface area contributed by atoms with Crippen LogP contribution in [-0.4, -0.2) is 27.7 Å². The number of amides is 2. The van der Waals surface area contributed by atoms with Gasteiger partial charge in [0.15, 0.2) is 0 Å². The number of carbonyl (C=O) groups excluding carboxylic acids is 2. The normalized spacial score (nSPS) is 15.9. The Morgan fingerprint density at radius 2 is 1.84 bits per heavy atom. The second-order valence-electron chi connectivity index (χ2n) is 6.78. The molecule has 3 aromatic rings. The van der Waals surface area contributed by atoms with E-state index < -0.39 is 22.9 Å². The minimum atomic E-state index is -0.800. The Hall–Kier alpha value is -3.10. The molecule has 9 heteroatoms. The summed E-state index contributed by atoms with van der Waals surface area (Å²) in [5, 5.41) is 11.5. The smallest absolute Gasteiger partial charge is 0.273 e. The maximum Gasteiger partial charge on any atom is 0.273 e. The summed E-state index contributed by atoms with van der Waals surface area (Å²) in [6.07, 6.45) is 0. The van der Waals surface area contributed by atoms with E-state index in [1.807, 2.05) is 0 Å². The summed E-state index contributed by atoms with van der Waals surface area (Å²) in [6, 6.07) is 13.9. The van der Waals surface area contributed by atoms with Gasteiger partial charge in [-0.05, 0) is 47.5 Å². The van der Waals surface area contributed by atoms with Crippen molar-refractivity contribution in [2.24, 2.45) is 0 Å². The average Bonchev–Trinajstić information content (AvgIpc) is 3.09. The fourth-order valence-electron chi connectivity index (χ4n) is 3.20. The standard InChI is InChI=1S/C22H15ClF2N2O3S/c23-14-4-1-12(2-5-14)22-27(20(29)11-31-22)26-21(30)17-9-13(3-8-19(17)28)16-7-6-15(24)10-18(16)25/h1-10,22,28H,11H2,(H,26,30). The number of rotatable bonds is 4. The van der Waals surface area contributed by atoms with Gasteiger partial charge in [0.1, 0.15) is 22.8 Å². The average molecular weight is 461 g/mol. The Morgan fingerprint density at radius 3 is 2.55 bits per heavy atom. The number of phenols is 1. The molecule has 0 radical (unpaired) electrons. The lowest BCUT2D eigenvalue weighted by atomic mass is 10.0. The van der Waals surface area contributed by atoms with Gasteiger partial charge in [0.25, 0.3) is 11.8 Å². The van der Waals surface area contributed by atoms with E-state index in [-0.39, 0.29) is 34.1 Å². The van der Waals surface area contributed by atoms with Crippen molar-refractivity contribution in [2.75, 3.05) is 5.75 Å². The zero-order valence-electron chi connectivity index (χ0n) is 15.8. The van der Waals surface area contributed by atoms with Gasteiger partial charge in [-0.2, -0.15) is 0 Å². The molecule has 0 aromatic heterocycles. The number of hydrogen-bond acceptors (Lipinski definition) is 4. The van der Waals surface area contributed by atoms with Crippen molar-refractivity contribution in [1.82, 2.24) is 10.4 Å². The summed E-state index contributed by atoms with van der Waals surface area (Å²) in [4.78, 5) is 25.2. The summed E-state index contributed by atoms with van der Waals surface area (Å²) in [7, 11) is 0. The van der Waals surface area contributed by atoms with Crippen molar-refractivity contribution < 1.29 is 23.5 Å². The first kappa shape index (κ1) is 21.1. The second kappa shape index (κ2) is 8.56.